The Morgan fingerprint density at radius 2 is 1.78 bits per heavy atom. The molecule has 0 saturated heterocycles. The molecule has 3 aromatic carbocycles. The van der Waals surface area contributed by atoms with Gasteiger partial charge in [0.15, 0.2) is 0 Å². The number of nitrogens with one attached hydrogen (secondary N) is 1. The Kier molecular flexibility index (Phi) is 6.22. The third-order valence-corrected chi connectivity index (χ3v) is 6.01. The van der Waals surface area contributed by atoms with Crippen molar-refractivity contribution in [2.75, 3.05) is 18.2 Å². The zero-order valence-electron chi connectivity index (χ0n) is 20.2. The van der Waals surface area contributed by atoms with Gasteiger partial charge in [-0.15, -0.1) is 0 Å². The first-order valence-electron chi connectivity index (χ1n) is 11.5. The van der Waals surface area contributed by atoms with Crippen LogP contribution in [0.1, 0.15) is 24.4 Å². The average molecular weight is 490 g/mol. The number of ether oxygens (including phenoxy) is 1. The van der Waals surface area contributed by atoms with Gasteiger partial charge in [0.25, 0.3) is 5.56 Å². The lowest BCUT2D eigenvalue weighted by Gasteiger charge is -2.21. The number of nitriles is 1. The standard InChI is InChI=1S/C28H23N7O2/c1-17(32-25-19(15-29)16-31-28(30)34-25)26-33-23-10-6-9-22(18-11-13-21(37-2)14-12-18)24(23)27(36)35(26)20-7-4-3-5-8-20/h3-14,16-17H,1-2H3,(H3,30,31,32,34)/t17-/m0/s1. The van der Waals surface area contributed by atoms with E-state index in [1.165, 1.54) is 6.20 Å². The first-order chi connectivity index (χ1) is 18.0. The Labute approximate surface area is 212 Å². The second-order valence-electron chi connectivity index (χ2n) is 8.34. The number of anilines is 2. The zero-order chi connectivity index (χ0) is 25.9. The van der Waals surface area contributed by atoms with Crippen LogP contribution < -0.4 is 21.3 Å². The molecule has 0 fully saturated rings. The predicted molar refractivity (Wildman–Crippen MR) is 143 cm³/mol. The molecule has 5 rings (SSSR count). The van der Waals surface area contributed by atoms with Crippen LogP contribution in [-0.2, 0) is 0 Å². The predicted octanol–water partition coefficient (Wildman–Crippen LogP) is 4.48. The normalized spacial score (nSPS) is 11.6. The van der Waals surface area contributed by atoms with Crippen molar-refractivity contribution in [3.05, 3.63) is 101 Å². The minimum absolute atomic E-state index is 0.0322. The van der Waals surface area contributed by atoms with Crippen LogP contribution >= 0.6 is 0 Å². The highest BCUT2D eigenvalue weighted by atomic mass is 16.5. The second-order valence-corrected chi connectivity index (χ2v) is 8.34. The number of nitrogens with two attached hydrogens (primary N) is 1. The molecule has 0 saturated carbocycles. The zero-order valence-corrected chi connectivity index (χ0v) is 20.2. The number of benzene rings is 3. The molecule has 2 aromatic heterocycles. The quantitative estimate of drug-likeness (QED) is 0.357. The number of nitrogen functional groups attached to an aromatic ring is 1. The molecule has 0 bridgehead atoms. The molecular formula is C28H23N7O2. The van der Waals surface area contributed by atoms with Crippen molar-refractivity contribution in [1.29, 1.82) is 5.26 Å². The lowest BCUT2D eigenvalue weighted by molar-refractivity contribution is 0.415. The first-order valence-corrected chi connectivity index (χ1v) is 11.5. The van der Waals surface area contributed by atoms with E-state index in [4.69, 9.17) is 15.5 Å². The molecule has 0 amide bonds. The van der Waals surface area contributed by atoms with Crippen LogP contribution in [0.5, 0.6) is 5.75 Å². The summed E-state index contributed by atoms with van der Waals surface area (Å²) in [6.45, 7) is 1.85. The number of fused-ring (bicyclic) bond motifs is 1. The van der Waals surface area contributed by atoms with Crippen molar-refractivity contribution in [2.45, 2.75) is 13.0 Å². The summed E-state index contributed by atoms with van der Waals surface area (Å²) in [5.74, 6) is 1.48. The summed E-state index contributed by atoms with van der Waals surface area (Å²) in [5, 5.41) is 13.2. The van der Waals surface area contributed by atoms with Crippen LogP contribution in [0.2, 0.25) is 0 Å². The Morgan fingerprint density at radius 3 is 2.49 bits per heavy atom. The highest BCUT2D eigenvalue weighted by Gasteiger charge is 2.21. The van der Waals surface area contributed by atoms with Crippen LogP contribution in [-0.4, -0.2) is 26.6 Å². The lowest BCUT2D eigenvalue weighted by Crippen LogP contribution is -2.28. The van der Waals surface area contributed by atoms with E-state index in [9.17, 15) is 10.1 Å². The van der Waals surface area contributed by atoms with E-state index in [1.807, 2.05) is 79.7 Å². The molecule has 3 N–H and O–H groups in total. The molecule has 0 aliphatic rings. The van der Waals surface area contributed by atoms with Gasteiger partial charge in [-0.1, -0.05) is 42.5 Å². The minimum atomic E-state index is -0.511. The maximum Gasteiger partial charge on any atom is 0.266 e. The number of rotatable bonds is 6. The fraction of sp³-hybridized carbons (Fsp3) is 0.107. The molecule has 0 aliphatic carbocycles. The van der Waals surface area contributed by atoms with Crippen molar-refractivity contribution in [3.8, 4) is 28.6 Å². The van der Waals surface area contributed by atoms with Gasteiger partial charge in [-0.05, 0) is 48.4 Å². The van der Waals surface area contributed by atoms with Gasteiger partial charge in [-0.3, -0.25) is 9.36 Å². The van der Waals surface area contributed by atoms with E-state index in [1.54, 1.807) is 11.7 Å². The third-order valence-electron chi connectivity index (χ3n) is 6.01. The molecule has 0 aliphatic heterocycles. The Morgan fingerprint density at radius 1 is 1.03 bits per heavy atom. The molecule has 1 atom stereocenters. The first kappa shape index (κ1) is 23.5. The number of hydrogen-bond acceptors (Lipinski definition) is 8. The Bertz CT molecular complexity index is 1690. The molecule has 37 heavy (non-hydrogen) atoms. The molecule has 182 valence electrons. The summed E-state index contributed by atoms with van der Waals surface area (Å²) < 4.78 is 6.87. The van der Waals surface area contributed by atoms with E-state index in [0.29, 0.717) is 22.4 Å². The summed E-state index contributed by atoms with van der Waals surface area (Å²) in [5.41, 5.74) is 8.64. The van der Waals surface area contributed by atoms with Gasteiger partial charge < -0.3 is 15.8 Å². The molecule has 0 radical (unpaired) electrons. The molecule has 2 heterocycles. The Balaban J connectivity index is 1.73. The summed E-state index contributed by atoms with van der Waals surface area (Å²) in [6, 6.07) is 24.0. The van der Waals surface area contributed by atoms with Gasteiger partial charge in [0.05, 0.1) is 35.9 Å². The summed E-state index contributed by atoms with van der Waals surface area (Å²) in [6.07, 6.45) is 1.36. The van der Waals surface area contributed by atoms with Crippen molar-refractivity contribution in [3.63, 3.8) is 0 Å². The number of methoxy groups -OCH3 is 1. The van der Waals surface area contributed by atoms with Gasteiger partial charge in [-0.2, -0.15) is 10.2 Å². The van der Waals surface area contributed by atoms with Crippen molar-refractivity contribution in [2.24, 2.45) is 0 Å². The van der Waals surface area contributed by atoms with Crippen LogP contribution in [0.3, 0.4) is 0 Å². The van der Waals surface area contributed by atoms with Crippen molar-refractivity contribution >= 4 is 22.7 Å². The number of nitrogens with zero attached hydrogens (tertiary/aromatic N) is 5. The summed E-state index contributed by atoms with van der Waals surface area (Å²) in [7, 11) is 1.61. The number of hydrogen-bond donors (Lipinski definition) is 2. The van der Waals surface area contributed by atoms with Gasteiger partial charge in [0.1, 0.15) is 29.0 Å². The van der Waals surface area contributed by atoms with Gasteiger partial charge in [0.2, 0.25) is 5.95 Å². The third kappa shape index (κ3) is 4.44. The van der Waals surface area contributed by atoms with Crippen LogP contribution in [0.4, 0.5) is 11.8 Å². The highest BCUT2D eigenvalue weighted by molar-refractivity contribution is 5.94. The van der Waals surface area contributed by atoms with E-state index in [-0.39, 0.29) is 22.9 Å². The molecule has 0 spiro atoms. The molecular weight excluding hydrogens is 466 g/mol. The molecule has 0 unspecified atom stereocenters. The maximum atomic E-state index is 14.2. The maximum absolute atomic E-state index is 14.2. The fourth-order valence-corrected chi connectivity index (χ4v) is 4.23. The minimum Gasteiger partial charge on any atom is -0.497 e. The smallest absolute Gasteiger partial charge is 0.266 e. The molecule has 5 aromatic rings. The van der Waals surface area contributed by atoms with Crippen LogP contribution in [0.25, 0.3) is 27.7 Å². The van der Waals surface area contributed by atoms with Crippen molar-refractivity contribution < 1.29 is 4.74 Å². The van der Waals surface area contributed by atoms with Crippen LogP contribution in [0, 0.1) is 11.3 Å². The Hall–Kier alpha value is -5.23. The monoisotopic (exact) mass is 489 g/mol. The lowest BCUT2D eigenvalue weighted by atomic mass is 10.0. The highest BCUT2D eigenvalue weighted by Crippen LogP contribution is 2.29. The molecule has 9 nitrogen and oxygen atoms in total. The number of para-hydroxylation sites is 1. The topological polar surface area (TPSA) is 132 Å². The van der Waals surface area contributed by atoms with Crippen molar-refractivity contribution in [1.82, 2.24) is 19.5 Å². The largest absolute Gasteiger partial charge is 0.497 e. The summed E-state index contributed by atoms with van der Waals surface area (Å²) in [4.78, 5) is 27.2. The van der Waals surface area contributed by atoms with E-state index in [2.05, 4.69) is 21.4 Å². The van der Waals surface area contributed by atoms with Gasteiger partial charge in [-0.25, -0.2) is 9.97 Å². The summed E-state index contributed by atoms with van der Waals surface area (Å²) >= 11 is 0. The van der Waals surface area contributed by atoms with Crippen LogP contribution in [0.15, 0.2) is 83.8 Å². The SMILES string of the molecule is COc1ccc(-c2cccc3nc([C@H](C)Nc4nc(N)ncc4C#N)n(-c4ccccc4)c(=O)c23)cc1. The van der Waals surface area contributed by atoms with E-state index >= 15 is 0 Å². The second kappa shape index (κ2) is 9.79. The van der Waals surface area contributed by atoms with Gasteiger partial charge in [0, 0.05) is 0 Å². The van der Waals surface area contributed by atoms with E-state index in [0.717, 1.165) is 16.9 Å². The molecule has 9 heteroatoms. The fourth-order valence-electron chi connectivity index (χ4n) is 4.23. The van der Waals surface area contributed by atoms with Gasteiger partial charge >= 0.3 is 0 Å². The average Bonchev–Trinajstić information content (AvgIpc) is 2.93. The van der Waals surface area contributed by atoms with E-state index < -0.39 is 6.04 Å². The number of aromatic nitrogens is 4.